The third-order valence-corrected chi connectivity index (χ3v) is 3.95. The van der Waals surface area contributed by atoms with E-state index < -0.39 is 6.03 Å². The molecule has 2 N–H and O–H groups in total. The molecule has 0 bridgehead atoms. The number of thioether (sulfide) groups is 1. The van der Waals surface area contributed by atoms with Crippen LogP contribution in [0.5, 0.6) is 0 Å². The topological polar surface area (TPSA) is 76.0 Å². The molecule has 0 unspecified atom stereocenters. The minimum absolute atomic E-state index is 0.269. The second-order valence-electron chi connectivity index (χ2n) is 4.35. The van der Waals surface area contributed by atoms with Crippen molar-refractivity contribution in [3.05, 3.63) is 24.3 Å². The molecule has 0 aliphatic carbocycles. The maximum absolute atomic E-state index is 11.5. The number of hydrogen-bond acceptors (Lipinski definition) is 4. The molecule has 0 aliphatic heterocycles. The van der Waals surface area contributed by atoms with Crippen molar-refractivity contribution in [2.45, 2.75) is 25.0 Å². The maximum Gasteiger partial charge on any atom is 0.321 e. The number of para-hydroxylation sites is 2. The molecule has 0 radical (unpaired) electrons. The van der Waals surface area contributed by atoms with Gasteiger partial charge in [-0.2, -0.15) is 0 Å². The summed E-state index contributed by atoms with van der Waals surface area (Å²) in [5.41, 5.74) is 2.05. The summed E-state index contributed by atoms with van der Waals surface area (Å²) in [6.07, 6.45) is 0.269. The van der Waals surface area contributed by atoms with Crippen molar-refractivity contribution in [3.63, 3.8) is 0 Å². The highest BCUT2D eigenvalue weighted by molar-refractivity contribution is 7.99. The maximum atomic E-state index is 11.5. The average Bonchev–Trinajstić information content (AvgIpc) is 2.84. The molecular formula is C14H18N4O2S. The predicted octanol–water partition coefficient (Wildman–Crippen LogP) is 1.99. The van der Waals surface area contributed by atoms with Crippen LogP contribution in [0.4, 0.5) is 4.79 Å². The van der Waals surface area contributed by atoms with E-state index in [0.717, 1.165) is 22.7 Å². The molecule has 3 amide bonds. The number of imide groups is 1. The highest BCUT2D eigenvalue weighted by Crippen LogP contribution is 2.24. The molecule has 0 atom stereocenters. The summed E-state index contributed by atoms with van der Waals surface area (Å²) in [5, 5.41) is 5.48. The largest absolute Gasteiger partial charge is 0.341 e. The van der Waals surface area contributed by atoms with Crippen LogP contribution in [-0.4, -0.2) is 34.3 Å². The molecule has 6 nitrogen and oxygen atoms in total. The second-order valence-corrected chi connectivity index (χ2v) is 5.42. The number of fused-ring (bicyclic) bond motifs is 1. The zero-order valence-corrected chi connectivity index (χ0v) is 12.9. The first-order valence-electron chi connectivity index (χ1n) is 6.75. The lowest BCUT2D eigenvalue weighted by atomic mass is 10.3. The van der Waals surface area contributed by atoms with Gasteiger partial charge in [0.25, 0.3) is 0 Å². The number of amides is 3. The molecule has 1 heterocycles. The monoisotopic (exact) mass is 306 g/mol. The summed E-state index contributed by atoms with van der Waals surface area (Å²) in [4.78, 5) is 27.1. The Morgan fingerprint density at radius 1 is 1.33 bits per heavy atom. The molecular weight excluding hydrogens is 288 g/mol. The fourth-order valence-corrected chi connectivity index (χ4v) is 2.97. The van der Waals surface area contributed by atoms with Gasteiger partial charge >= 0.3 is 6.03 Å². The molecule has 0 saturated heterocycles. The molecule has 0 aliphatic rings. The van der Waals surface area contributed by atoms with E-state index in [0.29, 0.717) is 5.75 Å². The molecule has 0 saturated carbocycles. The molecule has 1 aromatic carbocycles. The first-order chi connectivity index (χ1) is 10.2. The Morgan fingerprint density at radius 3 is 2.81 bits per heavy atom. The average molecular weight is 306 g/mol. The van der Waals surface area contributed by atoms with Gasteiger partial charge in [0.15, 0.2) is 5.16 Å². The van der Waals surface area contributed by atoms with E-state index in [1.807, 2.05) is 24.3 Å². The van der Waals surface area contributed by atoms with E-state index in [9.17, 15) is 9.59 Å². The highest BCUT2D eigenvalue weighted by Gasteiger charge is 2.11. The van der Waals surface area contributed by atoms with Gasteiger partial charge < -0.3 is 9.88 Å². The molecule has 2 rings (SSSR count). The Morgan fingerprint density at radius 2 is 2.10 bits per heavy atom. The molecule has 0 spiro atoms. The van der Waals surface area contributed by atoms with Gasteiger partial charge in [0.1, 0.15) is 0 Å². The Balaban J connectivity index is 1.97. The Hall–Kier alpha value is -2.02. The number of carbonyl (C=O) groups is 2. The van der Waals surface area contributed by atoms with Crippen LogP contribution in [-0.2, 0) is 11.3 Å². The zero-order chi connectivity index (χ0) is 15.2. The normalized spacial score (nSPS) is 10.6. The molecule has 2 aromatic rings. The van der Waals surface area contributed by atoms with Gasteiger partial charge in [0, 0.05) is 25.8 Å². The van der Waals surface area contributed by atoms with Crippen molar-refractivity contribution in [1.82, 2.24) is 20.2 Å². The number of imidazole rings is 1. The Kier molecular flexibility index (Phi) is 5.21. The third-order valence-electron chi connectivity index (χ3n) is 2.98. The molecule has 7 heteroatoms. The fraction of sp³-hybridized carbons (Fsp3) is 0.357. The molecule has 21 heavy (non-hydrogen) atoms. The van der Waals surface area contributed by atoms with Crippen LogP contribution in [0.15, 0.2) is 29.4 Å². The van der Waals surface area contributed by atoms with Crippen molar-refractivity contribution in [2.75, 3.05) is 12.8 Å². The summed E-state index contributed by atoms with van der Waals surface area (Å²) < 4.78 is 2.12. The van der Waals surface area contributed by atoms with E-state index in [-0.39, 0.29) is 12.3 Å². The van der Waals surface area contributed by atoms with Gasteiger partial charge in [0.2, 0.25) is 5.91 Å². The Bertz CT molecular complexity index is 653. The van der Waals surface area contributed by atoms with Crippen LogP contribution in [0.25, 0.3) is 11.0 Å². The van der Waals surface area contributed by atoms with Crippen LogP contribution < -0.4 is 10.6 Å². The van der Waals surface area contributed by atoms with E-state index in [1.54, 1.807) is 0 Å². The van der Waals surface area contributed by atoms with Crippen LogP contribution >= 0.6 is 11.8 Å². The standard InChI is InChI=1S/C14H18N4O2S/c1-3-18-11-7-5-4-6-10(11)16-14(18)21-9-8-12(19)17-13(20)15-2/h4-7H,3,8-9H2,1-2H3,(H2,15,17,19,20). The first kappa shape index (κ1) is 15.4. The lowest BCUT2D eigenvalue weighted by Gasteiger charge is -2.05. The smallest absolute Gasteiger partial charge is 0.321 e. The van der Waals surface area contributed by atoms with E-state index >= 15 is 0 Å². The molecule has 112 valence electrons. The van der Waals surface area contributed by atoms with Crippen molar-refractivity contribution in [2.24, 2.45) is 0 Å². The summed E-state index contributed by atoms with van der Waals surface area (Å²) in [6, 6.07) is 7.48. The number of rotatable bonds is 5. The number of benzene rings is 1. The minimum atomic E-state index is -0.481. The highest BCUT2D eigenvalue weighted by atomic mass is 32.2. The number of hydrogen-bond donors (Lipinski definition) is 2. The van der Waals surface area contributed by atoms with Gasteiger partial charge in [-0.05, 0) is 19.1 Å². The number of aromatic nitrogens is 2. The minimum Gasteiger partial charge on any atom is -0.341 e. The zero-order valence-electron chi connectivity index (χ0n) is 12.0. The molecule has 0 fully saturated rings. The molecule has 1 aromatic heterocycles. The van der Waals surface area contributed by atoms with Gasteiger partial charge in [-0.1, -0.05) is 23.9 Å². The first-order valence-corrected chi connectivity index (χ1v) is 7.74. The van der Waals surface area contributed by atoms with Crippen LogP contribution in [0.2, 0.25) is 0 Å². The summed E-state index contributed by atoms with van der Waals surface area (Å²) in [6.45, 7) is 2.89. The number of nitrogens with zero attached hydrogens (tertiary/aromatic N) is 2. The van der Waals surface area contributed by atoms with Crippen molar-refractivity contribution >= 4 is 34.7 Å². The summed E-state index contributed by atoms with van der Waals surface area (Å²) in [5.74, 6) is 0.285. The number of urea groups is 1. The van der Waals surface area contributed by atoms with Gasteiger partial charge in [-0.25, -0.2) is 9.78 Å². The van der Waals surface area contributed by atoms with Crippen molar-refractivity contribution < 1.29 is 9.59 Å². The third kappa shape index (κ3) is 3.75. The summed E-state index contributed by atoms with van der Waals surface area (Å²) in [7, 11) is 1.47. The SMILES string of the molecule is CCn1c(SCCC(=O)NC(=O)NC)nc2ccccc21. The Labute approximate surface area is 127 Å². The lowest BCUT2D eigenvalue weighted by Crippen LogP contribution is -2.37. The predicted molar refractivity (Wildman–Crippen MR) is 83.3 cm³/mol. The van der Waals surface area contributed by atoms with E-state index in [1.165, 1.54) is 18.8 Å². The number of aryl methyl sites for hydroxylation is 1. The van der Waals surface area contributed by atoms with E-state index in [4.69, 9.17) is 0 Å². The van der Waals surface area contributed by atoms with Gasteiger partial charge in [-0.3, -0.25) is 10.1 Å². The van der Waals surface area contributed by atoms with Crippen LogP contribution in [0.3, 0.4) is 0 Å². The number of nitrogens with one attached hydrogen (secondary N) is 2. The second kappa shape index (κ2) is 7.12. The van der Waals surface area contributed by atoms with Crippen LogP contribution in [0, 0.1) is 0 Å². The van der Waals surface area contributed by atoms with Gasteiger partial charge in [0.05, 0.1) is 11.0 Å². The summed E-state index contributed by atoms with van der Waals surface area (Å²) >= 11 is 1.52. The van der Waals surface area contributed by atoms with E-state index in [2.05, 4.69) is 27.1 Å². The van der Waals surface area contributed by atoms with Crippen molar-refractivity contribution in [3.8, 4) is 0 Å². The quantitative estimate of drug-likeness (QED) is 0.828. The van der Waals surface area contributed by atoms with Crippen LogP contribution in [0.1, 0.15) is 13.3 Å². The van der Waals surface area contributed by atoms with Crippen molar-refractivity contribution in [1.29, 1.82) is 0 Å². The van der Waals surface area contributed by atoms with Gasteiger partial charge in [-0.15, -0.1) is 0 Å². The number of carbonyl (C=O) groups excluding carboxylic acids is 2. The lowest BCUT2D eigenvalue weighted by molar-refractivity contribution is -0.119. The fourth-order valence-electron chi connectivity index (χ4n) is 1.96.